The number of esters is 2. The Hall–Kier alpha value is -1.88. The summed E-state index contributed by atoms with van der Waals surface area (Å²) in [4.78, 5) is 40.2. The van der Waals surface area contributed by atoms with Crippen molar-refractivity contribution in [2.75, 3.05) is 25.7 Å². The first kappa shape index (κ1) is 17.2. The largest absolute Gasteiger partial charge is 0.468 e. The van der Waals surface area contributed by atoms with Crippen LogP contribution in [0.3, 0.4) is 0 Å². The van der Waals surface area contributed by atoms with E-state index in [4.69, 9.17) is 0 Å². The van der Waals surface area contributed by atoms with Crippen LogP contribution in [0.15, 0.2) is 16.4 Å². The van der Waals surface area contributed by atoms with Crippen LogP contribution in [0.5, 0.6) is 0 Å². The van der Waals surface area contributed by atoms with Crippen LogP contribution in [-0.2, 0) is 19.1 Å². The fraction of sp³-hybridized carbons (Fsp3) is 0.400. The van der Waals surface area contributed by atoms with Gasteiger partial charge in [-0.1, -0.05) is 23.5 Å². The lowest BCUT2D eigenvalue weighted by atomic mass is 10.5. The van der Waals surface area contributed by atoms with Crippen LogP contribution in [0, 0.1) is 10.1 Å². The third-order valence-corrected chi connectivity index (χ3v) is 3.95. The molecule has 0 unspecified atom stereocenters. The first-order valence-corrected chi connectivity index (χ1v) is 7.35. The molecule has 9 nitrogen and oxygen atoms in total. The Morgan fingerprint density at radius 3 is 1.90 bits per heavy atom. The summed E-state index contributed by atoms with van der Waals surface area (Å²) in [6.07, 6.45) is 1.13. The smallest absolute Gasteiger partial charge is 0.333 e. The highest BCUT2D eigenvalue weighted by atomic mass is 32.2. The first-order valence-electron chi connectivity index (χ1n) is 5.38. The predicted octanol–water partition coefficient (Wildman–Crippen LogP) is 0.915. The van der Waals surface area contributed by atoms with E-state index in [1.807, 2.05) is 0 Å². The average molecular weight is 333 g/mol. The van der Waals surface area contributed by atoms with Gasteiger partial charge in [-0.25, -0.2) is 9.97 Å². The highest BCUT2D eigenvalue weighted by Gasteiger charge is 2.24. The Morgan fingerprint density at radius 2 is 1.57 bits per heavy atom. The van der Waals surface area contributed by atoms with Gasteiger partial charge >= 0.3 is 17.6 Å². The molecule has 0 bridgehead atoms. The molecule has 0 saturated carbocycles. The van der Waals surface area contributed by atoms with Gasteiger partial charge < -0.3 is 9.47 Å². The molecule has 0 saturated heterocycles. The van der Waals surface area contributed by atoms with Gasteiger partial charge in [0.25, 0.3) is 0 Å². The molecular formula is C10H11N3O6S2. The number of hydrogen-bond acceptors (Lipinski definition) is 10. The second-order valence-electron chi connectivity index (χ2n) is 3.32. The number of thioether (sulfide) groups is 2. The molecule has 0 aromatic carbocycles. The zero-order valence-electron chi connectivity index (χ0n) is 11.1. The Morgan fingerprint density at radius 1 is 1.14 bits per heavy atom. The first-order chi connectivity index (χ1) is 9.99. The van der Waals surface area contributed by atoms with Gasteiger partial charge in [-0.05, 0) is 0 Å². The van der Waals surface area contributed by atoms with E-state index in [1.165, 1.54) is 14.2 Å². The molecule has 114 valence electrons. The van der Waals surface area contributed by atoms with Crippen LogP contribution >= 0.6 is 23.5 Å². The predicted molar refractivity (Wildman–Crippen MR) is 74.2 cm³/mol. The van der Waals surface area contributed by atoms with Crippen molar-refractivity contribution in [3.05, 3.63) is 16.4 Å². The standard InChI is InChI=1S/C10H11N3O6S2/c1-18-6(14)3-20-9-8(13(16)17)10(12-5-11-9)21-4-7(15)19-2/h5H,3-4H2,1-2H3. The number of aromatic nitrogens is 2. The third-order valence-electron chi connectivity index (χ3n) is 2.05. The van der Waals surface area contributed by atoms with Crippen molar-refractivity contribution in [3.63, 3.8) is 0 Å². The molecule has 0 amide bonds. The molecule has 0 radical (unpaired) electrons. The minimum Gasteiger partial charge on any atom is -0.468 e. The monoisotopic (exact) mass is 333 g/mol. The number of carbonyl (C=O) groups excluding carboxylic acids is 2. The lowest BCUT2D eigenvalue weighted by molar-refractivity contribution is -0.391. The Balaban J connectivity index is 2.95. The summed E-state index contributed by atoms with van der Waals surface area (Å²) in [5.41, 5.74) is -0.347. The number of carbonyl (C=O) groups is 2. The lowest BCUT2D eigenvalue weighted by Gasteiger charge is -2.05. The lowest BCUT2D eigenvalue weighted by Crippen LogP contribution is -2.07. The molecule has 0 atom stereocenters. The fourth-order valence-electron chi connectivity index (χ4n) is 1.09. The van der Waals surface area contributed by atoms with Crippen molar-refractivity contribution < 1.29 is 24.0 Å². The number of methoxy groups -OCH3 is 2. The molecule has 0 fully saturated rings. The summed E-state index contributed by atoms with van der Waals surface area (Å²) in [7, 11) is 2.43. The molecule has 1 aromatic rings. The highest BCUT2D eigenvalue weighted by Crippen LogP contribution is 2.34. The number of hydrogen-bond donors (Lipinski definition) is 0. The van der Waals surface area contributed by atoms with Crippen LogP contribution in [0.4, 0.5) is 5.69 Å². The molecule has 21 heavy (non-hydrogen) atoms. The molecule has 1 rings (SSSR count). The van der Waals surface area contributed by atoms with Crippen molar-refractivity contribution in [2.24, 2.45) is 0 Å². The van der Waals surface area contributed by atoms with Gasteiger partial charge in [-0.2, -0.15) is 0 Å². The molecule has 0 aliphatic heterocycles. The van der Waals surface area contributed by atoms with Crippen LogP contribution in [0.1, 0.15) is 0 Å². The summed E-state index contributed by atoms with van der Waals surface area (Å²) >= 11 is 1.73. The van der Waals surface area contributed by atoms with Gasteiger partial charge in [0.05, 0.1) is 30.6 Å². The molecule has 0 aliphatic rings. The summed E-state index contributed by atoms with van der Waals surface area (Å²) in [5.74, 6) is -1.29. The van der Waals surface area contributed by atoms with E-state index in [0.717, 1.165) is 29.9 Å². The maximum Gasteiger partial charge on any atom is 0.333 e. The van der Waals surface area contributed by atoms with E-state index < -0.39 is 16.9 Å². The number of rotatable bonds is 7. The van der Waals surface area contributed by atoms with Crippen LogP contribution < -0.4 is 0 Å². The van der Waals surface area contributed by atoms with Gasteiger partial charge in [0.15, 0.2) is 10.1 Å². The van der Waals surface area contributed by atoms with Crippen molar-refractivity contribution in [2.45, 2.75) is 10.1 Å². The molecule has 1 aromatic heterocycles. The van der Waals surface area contributed by atoms with E-state index in [9.17, 15) is 19.7 Å². The minimum absolute atomic E-state index is 0.0350. The maximum atomic E-state index is 11.1. The van der Waals surface area contributed by atoms with Crippen LogP contribution in [0.25, 0.3) is 0 Å². The highest BCUT2D eigenvalue weighted by molar-refractivity contribution is 8.00. The van der Waals surface area contributed by atoms with Crippen molar-refractivity contribution in [1.82, 2.24) is 9.97 Å². The summed E-state index contributed by atoms with van der Waals surface area (Å²) < 4.78 is 8.91. The molecular weight excluding hydrogens is 322 g/mol. The third kappa shape index (κ3) is 5.19. The molecule has 1 heterocycles. The topological polar surface area (TPSA) is 122 Å². The second-order valence-corrected chi connectivity index (χ2v) is 5.25. The number of ether oxygens (including phenoxy) is 2. The van der Waals surface area contributed by atoms with Crippen LogP contribution in [-0.4, -0.2) is 52.6 Å². The molecule has 0 spiro atoms. The SMILES string of the molecule is COC(=O)CSc1ncnc(SCC(=O)OC)c1[N+](=O)[O-]. The zero-order valence-corrected chi connectivity index (χ0v) is 12.7. The van der Waals surface area contributed by atoms with Crippen molar-refractivity contribution in [1.29, 1.82) is 0 Å². The summed E-state index contributed by atoms with van der Waals surface area (Å²) in [5, 5.41) is 11.2. The van der Waals surface area contributed by atoms with Crippen molar-refractivity contribution in [3.8, 4) is 0 Å². The van der Waals surface area contributed by atoms with Crippen molar-refractivity contribution >= 4 is 41.1 Å². The summed E-state index contributed by atoms with van der Waals surface area (Å²) in [6, 6.07) is 0. The zero-order chi connectivity index (χ0) is 15.8. The second kappa shape index (κ2) is 8.42. The maximum absolute atomic E-state index is 11.1. The van der Waals surface area contributed by atoms with E-state index in [0.29, 0.717) is 0 Å². The Labute approximate surface area is 128 Å². The Bertz CT molecular complexity index is 515. The Kier molecular flexibility index (Phi) is 6.88. The normalized spacial score (nSPS) is 10.0. The number of nitrogens with zero attached hydrogens (tertiary/aromatic N) is 3. The van der Waals surface area contributed by atoms with Crippen LogP contribution in [0.2, 0.25) is 0 Å². The van der Waals surface area contributed by atoms with Gasteiger partial charge in [0.2, 0.25) is 0 Å². The summed E-state index contributed by atoms with van der Waals surface area (Å²) in [6.45, 7) is 0. The minimum atomic E-state index is -0.654. The van der Waals surface area contributed by atoms with E-state index in [2.05, 4.69) is 19.4 Å². The van der Waals surface area contributed by atoms with Gasteiger partial charge in [0, 0.05) is 0 Å². The molecule has 11 heteroatoms. The fourth-order valence-corrected chi connectivity index (χ4v) is 2.76. The van der Waals surface area contributed by atoms with E-state index in [-0.39, 0.29) is 27.2 Å². The average Bonchev–Trinajstić information content (AvgIpc) is 2.49. The van der Waals surface area contributed by atoms with Gasteiger partial charge in [0.1, 0.15) is 6.33 Å². The molecule has 0 N–H and O–H groups in total. The molecule has 0 aliphatic carbocycles. The quantitative estimate of drug-likeness (QED) is 0.234. The van der Waals surface area contributed by atoms with E-state index >= 15 is 0 Å². The number of nitro groups is 1. The van der Waals surface area contributed by atoms with E-state index in [1.54, 1.807) is 0 Å². The van der Waals surface area contributed by atoms with Gasteiger partial charge in [-0.3, -0.25) is 19.7 Å². The van der Waals surface area contributed by atoms with Gasteiger partial charge in [-0.15, -0.1) is 0 Å².